The van der Waals surface area contributed by atoms with Crippen LogP contribution in [0.4, 0.5) is 5.13 Å². The highest BCUT2D eigenvalue weighted by atomic mass is 35.5. The van der Waals surface area contributed by atoms with Crippen LogP contribution in [0.1, 0.15) is 29.6 Å². The van der Waals surface area contributed by atoms with E-state index < -0.39 is 0 Å². The van der Waals surface area contributed by atoms with Gasteiger partial charge in [0.15, 0.2) is 16.1 Å². The number of halogens is 1. The Balaban J connectivity index is 1.57. The van der Waals surface area contributed by atoms with E-state index in [1.807, 2.05) is 30.5 Å². The second-order valence-corrected chi connectivity index (χ2v) is 9.60. The van der Waals surface area contributed by atoms with Crippen LogP contribution in [0, 0.1) is 13.8 Å². The molecule has 0 bridgehead atoms. The summed E-state index contributed by atoms with van der Waals surface area (Å²) in [5.74, 6) is 0.816. The first-order valence-corrected chi connectivity index (χ1v) is 13.0. The molecule has 1 N–H and O–H groups in total. The van der Waals surface area contributed by atoms with E-state index in [4.69, 9.17) is 21.1 Å². The average molecular weight is 536 g/mol. The maximum atomic E-state index is 12.4. The Kier molecular flexibility index (Phi) is 9.70. The van der Waals surface area contributed by atoms with E-state index in [-0.39, 0.29) is 30.7 Å². The lowest BCUT2D eigenvalue weighted by atomic mass is 10.1. The number of aromatic nitrogens is 4. The zero-order chi connectivity index (χ0) is 25.4. The van der Waals surface area contributed by atoms with E-state index in [9.17, 15) is 9.59 Å². The number of hydrogen-bond acceptors (Lipinski definition) is 9. The highest BCUT2D eigenvalue weighted by Crippen LogP contribution is 2.27. The van der Waals surface area contributed by atoms with Crippen molar-refractivity contribution in [2.75, 3.05) is 17.7 Å². The Morgan fingerprint density at radius 3 is 2.71 bits per heavy atom. The van der Waals surface area contributed by atoms with Crippen molar-refractivity contribution in [3.8, 4) is 5.75 Å². The molecule has 0 saturated heterocycles. The van der Waals surface area contributed by atoms with Gasteiger partial charge < -0.3 is 14.8 Å². The van der Waals surface area contributed by atoms with Crippen molar-refractivity contribution >= 4 is 51.7 Å². The summed E-state index contributed by atoms with van der Waals surface area (Å²) in [7, 11) is 0. The van der Waals surface area contributed by atoms with Gasteiger partial charge in [0.1, 0.15) is 12.4 Å². The first kappa shape index (κ1) is 26.7. The van der Waals surface area contributed by atoms with Crippen LogP contribution in [0.25, 0.3) is 0 Å². The van der Waals surface area contributed by atoms with E-state index in [0.717, 1.165) is 16.1 Å². The number of anilines is 1. The SMILES string of the molecule is C=CCn1c(COc2cc(C)c(Cl)c(C)c2)nnc1SCC(=O)Nc1nc(CC(=O)OCC)cs1. The van der Waals surface area contributed by atoms with Gasteiger partial charge in [-0.25, -0.2) is 4.98 Å². The van der Waals surface area contributed by atoms with Crippen LogP contribution in [-0.4, -0.2) is 44.0 Å². The van der Waals surface area contributed by atoms with Crippen LogP contribution >= 0.6 is 34.7 Å². The topological polar surface area (TPSA) is 108 Å². The predicted octanol–water partition coefficient (Wildman–Crippen LogP) is 4.61. The van der Waals surface area contributed by atoms with Crippen LogP contribution in [0.2, 0.25) is 5.02 Å². The number of benzene rings is 1. The van der Waals surface area contributed by atoms with E-state index >= 15 is 0 Å². The number of carbonyl (C=O) groups excluding carboxylic acids is 2. The Morgan fingerprint density at radius 2 is 2.03 bits per heavy atom. The van der Waals surface area contributed by atoms with Gasteiger partial charge in [0.05, 0.1) is 24.5 Å². The molecule has 0 atom stereocenters. The summed E-state index contributed by atoms with van der Waals surface area (Å²) in [4.78, 5) is 28.3. The predicted molar refractivity (Wildman–Crippen MR) is 137 cm³/mol. The fraction of sp³-hybridized carbons (Fsp3) is 0.348. The number of nitrogens with zero attached hydrogens (tertiary/aromatic N) is 4. The van der Waals surface area contributed by atoms with E-state index in [1.54, 1.807) is 18.4 Å². The van der Waals surface area contributed by atoms with Gasteiger partial charge in [0, 0.05) is 16.9 Å². The third-order valence-corrected chi connectivity index (χ3v) is 7.01. The number of rotatable bonds is 12. The summed E-state index contributed by atoms with van der Waals surface area (Å²) in [6.07, 6.45) is 1.80. The third kappa shape index (κ3) is 7.55. The number of thioether (sulfide) groups is 1. The number of nitrogens with one attached hydrogen (secondary N) is 1. The van der Waals surface area contributed by atoms with Gasteiger partial charge in [0.25, 0.3) is 0 Å². The van der Waals surface area contributed by atoms with Crippen LogP contribution in [0.5, 0.6) is 5.75 Å². The van der Waals surface area contributed by atoms with Crippen LogP contribution in [0.3, 0.4) is 0 Å². The first-order chi connectivity index (χ1) is 16.8. The van der Waals surface area contributed by atoms with Crippen molar-refractivity contribution in [2.24, 2.45) is 0 Å². The first-order valence-electron chi connectivity index (χ1n) is 10.8. The number of allylic oxidation sites excluding steroid dienone is 1. The summed E-state index contributed by atoms with van der Waals surface area (Å²) < 4.78 is 12.7. The largest absolute Gasteiger partial charge is 0.486 e. The highest BCUT2D eigenvalue weighted by molar-refractivity contribution is 7.99. The minimum absolute atomic E-state index is 0.0691. The lowest BCUT2D eigenvalue weighted by Crippen LogP contribution is -2.15. The van der Waals surface area contributed by atoms with Gasteiger partial charge in [-0.3, -0.25) is 14.2 Å². The van der Waals surface area contributed by atoms with E-state index in [2.05, 4.69) is 27.1 Å². The second kappa shape index (κ2) is 12.7. The number of carbonyl (C=O) groups is 2. The molecule has 12 heteroatoms. The smallest absolute Gasteiger partial charge is 0.311 e. The summed E-state index contributed by atoms with van der Waals surface area (Å²) in [5.41, 5.74) is 2.42. The number of amides is 1. The van der Waals surface area contributed by atoms with Gasteiger partial charge in [-0.05, 0) is 44.0 Å². The minimum atomic E-state index is -0.353. The average Bonchev–Trinajstić information content (AvgIpc) is 3.41. The quantitative estimate of drug-likeness (QED) is 0.203. The van der Waals surface area contributed by atoms with E-state index in [1.165, 1.54) is 23.1 Å². The summed E-state index contributed by atoms with van der Waals surface area (Å²) in [5, 5.41) is 14.6. The lowest BCUT2D eigenvalue weighted by molar-refractivity contribution is -0.142. The molecule has 0 saturated carbocycles. The van der Waals surface area contributed by atoms with Gasteiger partial charge in [-0.1, -0.05) is 29.4 Å². The molecule has 35 heavy (non-hydrogen) atoms. The van der Waals surface area contributed by atoms with Gasteiger partial charge in [-0.15, -0.1) is 28.1 Å². The molecule has 9 nitrogen and oxygen atoms in total. The zero-order valence-corrected chi connectivity index (χ0v) is 22.1. The molecular weight excluding hydrogens is 510 g/mol. The standard InChI is InChI=1S/C23H26ClN5O4S2/c1-5-7-29-18(11-33-17-8-14(3)21(24)15(4)9-17)27-28-23(29)35-13-19(30)26-22-25-16(12-34-22)10-20(31)32-6-2/h5,8-9,12H,1,6-7,10-11,13H2,2-4H3,(H,25,26,30). The molecular formula is C23H26ClN5O4S2. The summed E-state index contributed by atoms with van der Waals surface area (Å²) in [6.45, 7) is 10.4. The molecule has 0 fully saturated rings. The van der Waals surface area contributed by atoms with Crippen molar-refractivity contribution in [1.82, 2.24) is 19.7 Å². The molecule has 186 valence electrons. The number of thiazole rings is 1. The molecule has 0 aliphatic rings. The Hall–Kier alpha value is -2.89. The minimum Gasteiger partial charge on any atom is -0.486 e. The van der Waals surface area contributed by atoms with Crippen molar-refractivity contribution in [1.29, 1.82) is 0 Å². The fourth-order valence-electron chi connectivity index (χ4n) is 3.07. The van der Waals surface area contributed by atoms with Crippen molar-refractivity contribution in [2.45, 2.75) is 45.5 Å². The number of esters is 1. The molecule has 3 rings (SSSR count). The van der Waals surface area contributed by atoms with Crippen molar-refractivity contribution in [3.63, 3.8) is 0 Å². The summed E-state index contributed by atoms with van der Waals surface area (Å²) in [6, 6.07) is 3.75. The van der Waals surface area contributed by atoms with Gasteiger partial charge in [0.2, 0.25) is 5.91 Å². The summed E-state index contributed by atoms with van der Waals surface area (Å²) >= 11 is 8.73. The highest BCUT2D eigenvalue weighted by Gasteiger charge is 2.16. The molecule has 0 aliphatic heterocycles. The van der Waals surface area contributed by atoms with Crippen molar-refractivity contribution in [3.05, 3.63) is 57.8 Å². The van der Waals surface area contributed by atoms with Gasteiger partial charge >= 0.3 is 5.97 Å². The normalized spacial score (nSPS) is 10.7. The molecule has 0 unspecified atom stereocenters. The monoisotopic (exact) mass is 535 g/mol. The molecule has 0 spiro atoms. The molecule has 2 aromatic heterocycles. The fourth-order valence-corrected chi connectivity index (χ4v) is 4.68. The van der Waals surface area contributed by atoms with Crippen LogP contribution < -0.4 is 10.1 Å². The Morgan fingerprint density at radius 1 is 1.29 bits per heavy atom. The molecule has 0 radical (unpaired) electrons. The number of hydrogen-bond donors (Lipinski definition) is 1. The second-order valence-electron chi connectivity index (χ2n) is 7.42. The van der Waals surface area contributed by atoms with Crippen molar-refractivity contribution < 1.29 is 19.1 Å². The molecule has 1 aromatic carbocycles. The number of ether oxygens (including phenoxy) is 2. The number of aryl methyl sites for hydroxylation is 2. The molecule has 3 aromatic rings. The Labute approximate surface area is 216 Å². The molecule has 2 heterocycles. The molecule has 1 amide bonds. The van der Waals surface area contributed by atoms with Gasteiger partial charge in [-0.2, -0.15) is 0 Å². The zero-order valence-electron chi connectivity index (χ0n) is 19.7. The maximum absolute atomic E-state index is 12.4. The van der Waals surface area contributed by atoms with Crippen LogP contribution in [-0.2, 0) is 33.9 Å². The third-order valence-electron chi connectivity index (χ3n) is 4.64. The van der Waals surface area contributed by atoms with E-state index in [0.29, 0.717) is 40.7 Å². The molecule has 0 aliphatic carbocycles. The van der Waals surface area contributed by atoms with Crippen LogP contribution in [0.15, 0.2) is 35.3 Å². The maximum Gasteiger partial charge on any atom is 0.311 e. The Bertz CT molecular complexity index is 1190. The lowest BCUT2D eigenvalue weighted by Gasteiger charge is -2.11.